The van der Waals surface area contributed by atoms with Crippen molar-refractivity contribution in [1.82, 2.24) is 5.32 Å². The first-order chi connectivity index (χ1) is 8.13. The van der Waals surface area contributed by atoms with Crippen LogP contribution in [0.15, 0.2) is 22.7 Å². The Bertz CT molecular complexity index is 346. The van der Waals surface area contributed by atoms with E-state index in [1.807, 2.05) is 11.8 Å². The summed E-state index contributed by atoms with van der Waals surface area (Å²) in [4.78, 5) is 0. The van der Waals surface area contributed by atoms with E-state index in [0.29, 0.717) is 12.6 Å². The summed E-state index contributed by atoms with van der Waals surface area (Å²) in [6, 6.07) is 5.26. The van der Waals surface area contributed by atoms with Crippen LogP contribution in [0, 0.1) is 5.82 Å². The molecule has 0 spiro atoms. The monoisotopic (exact) mass is 319 g/mol. The van der Waals surface area contributed by atoms with Gasteiger partial charge in [0.15, 0.2) is 0 Å². The number of halogens is 2. The molecule has 0 aliphatic rings. The summed E-state index contributed by atoms with van der Waals surface area (Å²) in [5.74, 6) is 2.16. The Labute approximate surface area is 116 Å². The molecule has 0 saturated heterocycles. The maximum Gasteiger partial charge on any atom is 0.123 e. The van der Waals surface area contributed by atoms with Gasteiger partial charge in [-0.1, -0.05) is 22.9 Å². The van der Waals surface area contributed by atoms with E-state index in [1.54, 1.807) is 12.1 Å². The van der Waals surface area contributed by atoms with Crippen LogP contribution in [-0.2, 0) is 6.54 Å². The van der Waals surface area contributed by atoms with Crippen LogP contribution >= 0.6 is 27.7 Å². The third kappa shape index (κ3) is 5.89. The average Bonchev–Trinajstić information content (AvgIpc) is 2.31. The zero-order valence-corrected chi connectivity index (χ0v) is 12.7. The summed E-state index contributed by atoms with van der Waals surface area (Å²) in [7, 11) is 0. The van der Waals surface area contributed by atoms with Gasteiger partial charge in [0.05, 0.1) is 0 Å². The van der Waals surface area contributed by atoms with Crippen molar-refractivity contribution < 1.29 is 4.39 Å². The highest BCUT2D eigenvalue weighted by molar-refractivity contribution is 9.10. The van der Waals surface area contributed by atoms with Crippen molar-refractivity contribution in [2.75, 3.05) is 11.5 Å². The lowest BCUT2D eigenvalue weighted by Crippen LogP contribution is -2.26. The van der Waals surface area contributed by atoms with Crippen molar-refractivity contribution in [2.45, 2.75) is 32.9 Å². The molecular formula is C13H19BrFNS. The first-order valence-electron chi connectivity index (χ1n) is 5.88. The summed E-state index contributed by atoms with van der Waals surface area (Å²) in [6.07, 6.45) is 1.14. The van der Waals surface area contributed by atoms with Crippen LogP contribution in [0.5, 0.6) is 0 Å². The van der Waals surface area contributed by atoms with Crippen molar-refractivity contribution in [3.63, 3.8) is 0 Å². The fraction of sp³-hybridized carbons (Fsp3) is 0.538. The first-order valence-corrected chi connectivity index (χ1v) is 7.83. The normalized spacial score (nSPS) is 12.7. The second-order valence-corrected chi connectivity index (χ2v) is 6.25. The summed E-state index contributed by atoms with van der Waals surface area (Å²) < 4.78 is 14.0. The van der Waals surface area contributed by atoms with Crippen molar-refractivity contribution in [2.24, 2.45) is 0 Å². The van der Waals surface area contributed by atoms with Crippen LogP contribution in [0.25, 0.3) is 0 Å². The molecule has 17 heavy (non-hydrogen) atoms. The molecule has 4 heteroatoms. The molecule has 1 rings (SSSR count). The van der Waals surface area contributed by atoms with E-state index in [2.05, 4.69) is 35.1 Å². The summed E-state index contributed by atoms with van der Waals surface area (Å²) in [5.41, 5.74) is 0.972. The van der Waals surface area contributed by atoms with Gasteiger partial charge in [0.25, 0.3) is 0 Å². The molecular weight excluding hydrogens is 301 g/mol. The molecule has 1 aromatic rings. The maximum atomic E-state index is 13.1. The third-order valence-corrected chi connectivity index (χ3v) is 4.25. The van der Waals surface area contributed by atoms with Gasteiger partial charge >= 0.3 is 0 Å². The number of thioether (sulfide) groups is 1. The summed E-state index contributed by atoms with van der Waals surface area (Å²) in [5, 5.41) is 3.42. The topological polar surface area (TPSA) is 12.0 Å². The highest BCUT2D eigenvalue weighted by Gasteiger charge is 2.05. The number of nitrogens with one attached hydrogen (secondary N) is 1. The standard InChI is InChI=1S/C13H19BrFNS/c1-3-17-7-6-10(2)16-9-11-8-12(15)4-5-13(11)14/h4-5,8,10,16H,3,6-7,9H2,1-2H3. The fourth-order valence-corrected chi connectivity index (χ4v) is 2.67. The Morgan fingerprint density at radius 3 is 2.94 bits per heavy atom. The highest BCUT2D eigenvalue weighted by Crippen LogP contribution is 2.17. The molecule has 0 fully saturated rings. The number of hydrogen-bond acceptors (Lipinski definition) is 2. The zero-order chi connectivity index (χ0) is 12.7. The third-order valence-electron chi connectivity index (χ3n) is 2.55. The van der Waals surface area contributed by atoms with Crippen LogP contribution in [0.3, 0.4) is 0 Å². The first kappa shape index (κ1) is 15.0. The molecule has 1 N–H and O–H groups in total. The highest BCUT2D eigenvalue weighted by atomic mass is 79.9. The molecule has 1 unspecified atom stereocenters. The largest absolute Gasteiger partial charge is 0.310 e. The number of hydrogen-bond donors (Lipinski definition) is 1. The predicted octanol–water partition coefficient (Wildman–Crippen LogP) is 4.21. The number of benzene rings is 1. The van der Waals surface area contributed by atoms with Gasteiger partial charge in [0, 0.05) is 17.1 Å². The Morgan fingerprint density at radius 1 is 1.47 bits per heavy atom. The van der Waals surface area contributed by atoms with E-state index in [9.17, 15) is 4.39 Å². The van der Waals surface area contributed by atoms with Crippen LogP contribution in [0.1, 0.15) is 25.8 Å². The van der Waals surface area contributed by atoms with Gasteiger partial charge in [-0.2, -0.15) is 11.8 Å². The second-order valence-electron chi connectivity index (χ2n) is 4.00. The van der Waals surface area contributed by atoms with Gasteiger partial charge in [0.2, 0.25) is 0 Å². The van der Waals surface area contributed by atoms with Gasteiger partial charge in [-0.3, -0.25) is 0 Å². The Balaban J connectivity index is 2.36. The average molecular weight is 320 g/mol. The van der Waals surface area contributed by atoms with Crippen LogP contribution in [-0.4, -0.2) is 17.5 Å². The molecule has 0 aliphatic carbocycles. The van der Waals surface area contributed by atoms with Gasteiger partial charge in [-0.05, 0) is 48.6 Å². The summed E-state index contributed by atoms with van der Waals surface area (Å²) >= 11 is 5.39. The maximum absolute atomic E-state index is 13.1. The van der Waals surface area contributed by atoms with E-state index in [0.717, 1.165) is 16.5 Å². The van der Waals surface area contributed by atoms with E-state index < -0.39 is 0 Å². The van der Waals surface area contributed by atoms with Gasteiger partial charge < -0.3 is 5.32 Å². The van der Waals surface area contributed by atoms with Gasteiger partial charge in [-0.15, -0.1) is 0 Å². The lowest BCUT2D eigenvalue weighted by atomic mass is 10.2. The van der Waals surface area contributed by atoms with E-state index in [-0.39, 0.29) is 5.82 Å². The molecule has 0 heterocycles. The Morgan fingerprint density at radius 2 is 2.24 bits per heavy atom. The van der Waals surface area contributed by atoms with E-state index >= 15 is 0 Å². The number of rotatable bonds is 7. The molecule has 0 amide bonds. The second kappa shape index (κ2) is 8.11. The molecule has 0 aromatic heterocycles. The van der Waals surface area contributed by atoms with Crippen molar-refractivity contribution in [3.05, 3.63) is 34.1 Å². The smallest absolute Gasteiger partial charge is 0.123 e. The van der Waals surface area contributed by atoms with Crippen LogP contribution < -0.4 is 5.32 Å². The van der Waals surface area contributed by atoms with Crippen molar-refractivity contribution in [3.8, 4) is 0 Å². The summed E-state index contributed by atoms with van der Waals surface area (Å²) in [6.45, 7) is 5.05. The zero-order valence-electron chi connectivity index (χ0n) is 10.3. The fourth-order valence-electron chi connectivity index (χ4n) is 1.47. The van der Waals surface area contributed by atoms with Crippen molar-refractivity contribution >= 4 is 27.7 Å². The Kier molecular flexibility index (Phi) is 7.16. The van der Waals surface area contributed by atoms with E-state index in [1.165, 1.54) is 17.6 Å². The van der Waals surface area contributed by atoms with Crippen LogP contribution in [0.2, 0.25) is 0 Å². The molecule has 1 aromatic carbocycles. The molecule has 1 atom stereocenters. The minimum absolute atomic E-state index is 0.181. The van der Waals surface area contributed by atoms with Crippen molar-refractivity contribution in [1.29, 1.82) is 0 Å². The molecule has 0 aliphatic heterocycles. The van der Waals surface area contributed by atoms with Gasteiger partial charge in [0.1, 0.15) is 5.82 Å². The predicted molar refractivity (Wildman–Crippen MR) is 78.0 cm³/mol. The lowest BCUT2D eigenvalue weighted by Gasteiger charge is -2.14. The molecule has 0 saturated carbocycles. The van der Waals surface area contributed by atoms with Gasteiger partial charge in [-0.25, -0.2) is 4.39 Å². The molecule has 0 radical (unpaired) electrons. The Hall–Kier alpha value is -0.0600. The minimum Gasteiger partial charge on any atom is -0.310 e. The quantitative estimate of drug-likeness (QED) is 0.755. The SMILES string of the molecule is CCSCCC(C)NCc1cc(F)ccc1Br. The minimum atomic E-state index is -0.181. The van der Waals surface area contributed by atoms with E-state index in [4.69, 9.17) is 0 Å². The molecule has 1 nitrogen and oxygen atoms in total. The van der Waals surface area contributed by atoms with Crippen LogP contribution in [0.4, 0.5) is 4.39 Å². The lowest BCUT2D eigenvalue weighted by molar-refractivity contribution is 0.534. The molecule has 96 valence electrons. The molecule has 0 bridgehead atoms.